The van der Waals surface area contributed by atoms with Crippen LogP contribution in [0.25, 0.3) is 0 Å². The van der Waals surface area contributed by atoms with Gasteiger partial charge in [-0.15, -0.1) is 11.3 Å². The number of aromatic nitrogens is 2. The lowest BCUT2D eigenvalue weighted by Crippen LogP contribution is -2.19. The van der Waals surface area contributed by atoms with E-state index in [9.17, 15) is 9.90 Å². The van der Waals surface area contributed by atoms with Crippen LogP contribution in [0.3, 0.4) is 0 Å². The highest BCUT2D eigenvalue weighted by Crippen LogP contribution is 2.36. The molecule has 2 aromatic rings. The lowest BCUT2D eigenvalue weighted by molar-refractivity contribution is 0.104. The summed E-state index contributed by atoms with van der Waals surface area (Å²) in [4.78, 5) is 21.6. The highest BCUT2D eigenvalue weighted by molar-refractivity contribution is 7.18. The summed E-state index contributed by atoms with van der Waals surface area (Å²) in [7, 11) is 0. The first kappa shape index (κ1) is 18.3. The van der Waals surface area contributed by atoms with Crippen molar-refractivity contribution in [3.63, 3.8) is 0 Å². The van der Waals surface area contributed by atoms with Crippen LogP contribution in [0.1, 0.15) is 53.9 Å². The van der Waals surface area contributed by atoms with Gasteiger partial charge < -0.3 is 10.4 Å². The Bertz CT molecular complexity index is 765. The minimum absolute atomic E-state index is 0.173. The zero-order valence-electron chi connectivity index (χ0n) is 14.3. The number of nitrogens with zero attached hydrogens (tertiary/aromatic N) is 2. The number of rotatable bonds is 6. The van der Waals surface area contributed by atoms with Crippen molar-refractivity contribution >= 4 is 34.5 Å². The fourth-order valence-corrected chi connectivity index (χ4v) is 4.80. The molecule has 1 aliphatic carbocycles. The number of nitrogens with one attached hydrogen (secondary N) is 1. The predicted octanol–water partition coefficient (Wildman–Crippen LogP) is 4.15. The van der Waals surface area contributed by atoms with E-state index in [2.05, 4.69) is 29.1 Å². The molecule has 0 radical (unpaired) electrons. The van der Waals surface area contributed by atoms with Crippen molar-refractivity contribution in [1.29, 1.82) is 0 Å². The maximum absolute atomic E-state index is 12.9. The Balaban J connectivity index is 1.82. The largest absolute Gasteiger partial charge is 0.392 e. The van der Waals surface area contributed by atoms with Crippen LogP contribution in [-0.2, 0) is 6.61 Å². The molecule has 7 heteroatoms. The lowest BCUT2D eigenvalue weighted by Gasteiger charge is -2.15. The minimum Gasteiger partial charge on any atom is -0.392 e. The molecule has 0 unspecified atom stereocenters. The van der Waals surface area contributed by atoms with Gasteiger partial charge in [0.25, 0.3) is 0 Å². The van der Waals surface area contributed by atoms with E-state index in [4.69, 9.17) is 11.6 Å². The molecule has 1 aliphatic rings. The average molecular weight is 380 g/mol. The predicted molar refractivity (Wildman–Crippen MR) is 100 cm³/mol. The first-order valence-corrected chi connectivity index (χ1v) is 9.73. The fraction of sp³-hybridized carbons (Fsp3) is 0.500. The van der Waals surface area contributed by atoms with E-state index in [1.807, 2.05) is 0 Å². The maximum atomic E-state index is 12.9. The number of aliphatic hydroxyl groups excluding tert-OH is 1. The van der Waals surface area contributed by atoms with Crippen LogP contribution < -0.4 is 5.32 Å². The van der Waals surface area contributed by atoms with Crippen LogP contribution in [0.2, 0.25) is 4.34 Å². The maximum Gasteiger partial charge on any atom is 0.208 e. The molecule has 1 fully saturated rings. The zero-order valence-corrected chi connectivity index (χ0v) is 15.9. The van der Waals surface area contributed by atoms with E-state index >= 15 is 0 Å². The molecule has 1 saturated carbocycles. The third kappa shape index (κ3) is 3.86. The standard InChI is InChI=1S/C18H22ClN3O2S/c1-3-11-5-13(4-10(11)2)22-18-14(7-20-9-21-18)16(24)15-6-12(8-23)17(19)25-15/h6-7,9-11,13,23H,3-5,8H2,1-2H3,(H,20,21,22)/t10-,11-,13-/m0/s1. The summed E-state index contributed by atoms with van der Waals surface area (Å²) in [5, 5.41) is 12.7. The monoisotopic (exact) mass is 379 g/mol. The molecular weight excluding hydrogens is 358 g/mol. The van der Waals surface area contributed by atoms with Crippen LogP contribution >= 0.6 is 22.9 Å². The van der Waals surface area contributed by atoms with Gasteiger partial charge in [-0.1, -0.05) is 31.9 Å². The number of aliphatic hydroxyl groups is 1. The van der Waals surface area contributed by atoms with Gasteiger partial charge in [-0.2, -0.15) is 0 Å². The van der Waals surface area contributed by atoms with Gasteiger partial charge in [0, 0.05) is 17.8 Å². The molecule has 0 saturated heterocycles. The molecule has 25 heavy (non-hydrogen) atoms. The lowest BCUT2D eigenvalue weighted by atomic mass is 9.96. The molecule has 2 heterocycles. The average Bonchev–Trinajstić information content (AvgIpc) is 3.16. The molecule has 0 aromatic carbocycles. The fourth-order valence-electron chi connectivity index (χ4n) is 3.59. The third-order valence-corrected chi connectivity index (χ3v) is 6.46. The number of anilines is 1. The van der Waals surface area contributed by atoms with E-state index in [1.54, 1.807) is 12.3 Å². The van der Waals surface area contributed by atoms with Gasteiger partial charge in [-0.05, 0) is 30.7 Å². The van der Waals surface area contributed by atoms with E-state index in [1.165, 1.54) is 24.1 Å². The van der Waals surface area contributed by atoms with Crippen LogP contribution in [0.4, 0.5) is 5.82 Å². The van der Waals surface area contributed by atoms with E-state index in [0.717, 1.165) is 12.8 Å². The van der Waals surface area contributed by atoms with Crippen molar-refractivity contribution in [1.82, 2.24) is 9.97 Å². The van der Waals surface area contributed by atoms with Crippen molar-refractivity contribution in [3.05, 3.63) is 38.9 Å². The number of ketones is 1. The van der Waals surface area contributed by atoms with Crippen LogP contribution in [-0.4, -0.2) is 26.9 Å². The number of halogens is 1. The van der Waals surface area contributed by atoms with Crippen LogP contribution in [0.15, 0.2) is 18.6 Å². The summed E-state index contributed by atoms with van der Waals surface area (Å²) < 4.78 is 0.438. The molecule has 0 aliphatic heterocycles. The topological polar surface area (TPSA) is 75.1 Å². The Morgan fingerprint density at radius 3 is 2.92 bits per heavy atom. The van der Waals surface area contributed by atoms with Crippen molar-refractivity contribution in [2.24, 2.45) is 11.8 Å². The molecule has 0 spiro atoms. The smallest absolute Gasteiger partial charge is 0.208 e. The molecule has 2 N–H and O–H groups in total. The summed E-state index contributed by atoms with van der Waals surface area (Å²) in [6.07, 6.45) is 6.34. The summed E-state index contributed by atoms with van der Waals surface area (Å²) in [5.41, 5.74) is 1.01. The number of hydrogen-bond donors (Lipinski definition) is 2. The van der Waals surface area contributed by atoms with Gasteiger partial charge in [-0.3, -0.25) is 4.79 Å². The van der Waals surface area contributed by atoms with Crippen molar-refractivity contribution in [2.45, 2.75) is 45.8 Å². The Morgan fingerprint density at radius 2 is 2.28 bits per heavy atom. The van der Waals surface area contributed by atoms with Crippen molar-refractivity contribution < 1.29 is 9.90 Å². The molecule has 3 rings (SSSR count). The molecule has 0 bridgehead atoms. The Kier molecular flexibility index (Phi) is 5.71. The van der Waals surface area contributed by atoms with Crippen molar-refractivity contribution in [2.75, 3.05) is 5.32 Å². The first-order chi connectivity index (χ1) is 12.0. The number of carbonyl (C=O) groups excluding carboxylic acids is 1. The SMILES string of the molecule is CC[C@H]1C[C@@H](Nc2ncncc2C(=O)c2cc(CO)c(Cl)s2)C[C@@H]1C. The summed E-state index contributed by atoms with van der Waals surface area (Å²) >= 11 is 7.23. The van der Waals surface area contributed by atoms with Gasteiger partial charge >= 0.3 is 0 Å². The zero-order chi connectivity index (χ0) is 18.0. The molecule has 5 nitrogen and oxygen atoms in total. The first-order valence-electron chi connectivity index (χ1n) is 8.53. The third-order valence-electron chi connectivity index (χ3n) is 5.02. The Morgan fingerprint density at radius 1 is 1.48 bits per heavy atom. The molecule has 3 atom stereocenters. The number of thiophene rings is 1. The molecule has 0 amide bonds. The highest BCUT2D eigenvalue weighted by atomic mass is 35.5. The van der Waals surface area contributed by atoms with Gasteiger partial charge in [0.15, 0.2) is 0 Å². The highest BCUT2D eigenvalue weighted by Gasteiger charge is 2.31. The van der Waals surface area contributed by atoms with Crippen LogP contribution in [0, 0.1) is 11.8 Å². The van der Waals surface area contributed by atoms with Gasteiger partial charge in [0.1, 0.15) is 12.1 Å². The van der Waals surface area contributed by atoms with Gasteiger partial charge in [-0.25, -0.2) is 9.97 Å². The Labute approximate surface area is 156 Å². The summed E-state index contributed by atoms with van der Waals surface area (Å²) in [6, 6.07) is 1.96. The molecular formula is C18H22ClN3O2S. The second kappa shape index (κ2) is 7.81. The van der Waals surface area contributed by atoms with Crippen molar-refractivity contribution in [3.8, 4) is 0 Å². The summed E-state index contributed by atoms with van der Waals surface area (Å²) in [6.45, 7) is 4.33. The number of hydrogen-bond acceptors (Lipinski definition) is 6. The Hall–Kier alpha value is -1.50. The second-order valence-corrected chi connectivity index (χ2v) is 8.29. The molecule has 2 aromatic heterocycles. The van der Waals surface area contributed by atoms with Gasteiger partial charge in [0.05, 0.1) is 21.4 Å². The second-order valence-electron chi connectivity index (χ2n) is 6.64. The van der Waals surface area contributed by atoms with E-state index in [0.29, 0.717) is 44.0 Å². The normalized spacial score (nSPS) is 23.0. The van der Waals surface area contributed by atoms with Crippen LogP contribution in [0.5, 0.6) is 0 Å². The number of carbonyl (C=O) groups is 1. The molecule has 134 valence electrons. The quantitative estimate of drug-likeness (QED) is 0.737. The van der Waals surface area contributed by atoms with Gasteiger partial charge in [0.2, 0.25) is 5.78 Å². The minimum atomic E-state index is -0.183. The van der Waals surface area contributed by atoms with E-state index in [-0.39, 0.29) is 12.4 Å². The summed E-state index contributed by atoms with van der Waals surface area (Å²) in [5.74, 6) is 1.78. The van der Waals surface area contributed by atoms with E-state index < -0.39 is 0 Å².